The van der Waals surface area contributed by atoms with E-state index in [2.05, 4.69) is 79.4 Å². The Morgan fingerprint density at radius 3 is 2.00 bits per heavy atom. The molecule has 2 rings (SSSR count). The van der Waals surface area contributed by atoms with Crippen molar-refractivity contribution in [1.82, 2.24) is 4.90 Å². The molecule has 0 heterocycles. The highest BCUT2D eigenvalue weighted by molar-refractivity contribution is 5.65. The molecule has 1 nitrogen and oxygen atoms in total. The van der Waals surface area contributed by atoms with Gasteiger partial charge in [0.05, 0.1) is 0 Å². The number of rotatable bonds is 6. The van der Waals surface area contributed by atoms with Crippen LogP contribution in [0.15, 0.2) is 60.7 Å². The topological polar surface area (TPSA) is 3.24 Å². The monoisotopic (exact) mass is 265 g/mol. The Hall–Kier alpha value is -1.86. The summed E-state index contributed by atoms with van der Waals surface area (Å²) >= 11 is 0. The van der Waals surface area contributed by atoms with Gasteiger partial charge in [-0.05, 0) is 29.8 Å². The largest absolute Gasteiger partial charge is 0.300 e. The molecule has 0 unspecified atom stereocenters. The van der Waals surface area contributed by atoms with Crippen LogP contribution < -0.4 is 0 Å². The molecular formula is C19H23N. The SMILES string of the molecule is CCN(CC)CC=Cc1ccc(-c2ccccc2)cc1. The van der Waals surface area contributed by atoms with Crippen LogP contribution in [0.2, 0.25) is 0 Å². The molecule has 104 valence electrons. The maximum atomic E-state index is 2.40. The van der Waals surface area contributed by atoms with Crippen molar-refractivity contribution in [3.8, 4) is 11.1 Å². The fraction of sp³-hybridized carbons (Fsp3) is 0.263. The minimum absolute atomic E-state index is 1.02. The van der Waals surface area contributed by atoms with E-state index in [-0.39, 0.29) is 0 Å². The predicted octanol–water partition coefficient (Wildman–Crippen LogP) is 4.71. The van der Waals surface area contributed by atoms with Crippen molar-refractivity contribution in [3.05, 3.63) is 66.2 Å². The molecule has 0 aromatic heterocycles. The molecule has 0 saturated heterocycles. The van der Waals surface area contributed by atoms with E-state index in [1.807, 2.05) is 6.07 Å². The van der Waals surface area contributed by atoms with E-state index < -0.39 is 0 Å². The third kappa shape index (κ3) is 4.07. The van der Waals surface area contributed by atoms with Gasteiger partial charge in [-0.2, -0.15) is 0 Å². The molecule has 0 amide bonds. The second-order valence-corrected chi connectivity index (χ2v) is 4.88. The second-order valence-electron chi connectivity index (χ2n) is 4.88. The van der Waals surface area contributed by atoms with Crippen LogP contribution in [0.1, 0.15) is 19.4 Å². The lowest BCUT2D eigenvalue weighted by Crippen LogP contribution is -2.22. The molecule has 0 aliphatic rings. The van der Waals surface area contributed by atoms with Gasteiger partial charge in [-0.1, -0.05) is 80.6 Å². The van der Waals surface area contributed by atoms with E-state index in [1.165, 1.54) is 16.7 Å². The van der Waals surface area contributed by atoms with Crippen LogP contribution in [-0.2, 0) is 0 Å². The summed E-state index contributed by atoms with van der Waals surface area (Å²) in [5.41, 5.74) is 3.80. The zero-order chi connectivity index (χ0) is 14.2. The summed E-state index contributed by atoms with van der Waals surface area (Å²) in [6.45, 7) is 7.63. The van der Waals surface area contributed by atoms with Gasteiger partial charge in [-0.25, -0.2) is 0 Å². The number of hydrogen-bond acceptors (Lipinski definition) is 1. The third-order valence-corrected chi connectivity index (χ3v) is 3.59. The van der Waals surface area contributed by atoms with Crippen molar-refractivity contribution in [2.24, 2.45) is 0 Å². The summed E-state index contributed by atoms with van der Waals surface area (Å²) in [5, 5.41) is 0. The lowest BCUT2D eigenvalue weighted by molar-refractivity contribution is 0.338. The minimum atomic E-state index is 1.02. The number of likely N-dealkylation sites (N-methyl/N-ethyl adjacent to an activating group) is 1. The first-order valence-electron chi connectivity index (χ1n) is 7.38. The standard InChI is InChI=1S/C19H23N/c1-3-20(4-2)16-8-9-17-12-14-19(15-13-17)18-10-6-5-7-11-18/h5-15H,3-4,16H2,1-2H3. The van der Waals surface area contributed by atoms with Gasteiger partial charge >= 0.3 is 0 Å². The molecule has 0 fully saturated rings. The Kier molecular flexibility index (Phi) is 5.57. The fourth-order valence-corrected chi connectivity index (χ4v) is 2.24. The van der Waals surface area contributed by atoms with Crippen molar-refractivity contribution in [3.63, 3.8) is 0 Å². The second kappa shape index (κ2) is 7.66. The molecule has 0 N–H and O–H groups in total. The molecule has 20 heavy (non-hydrogen) atoms. The van der Waals surface area contributed by atoms with Crippen molar-refractivity contribution >= 4 is 6.08 Å². The van der Waals surface area contributed by atoms with Gasteiger partial charge in [0, 0.05) is 6.54 Å². The molecular weight excluding hydrogens is 242 g/mol. The highest BCUT2D eigenvalue weighted by atomic mass is 15.1. The average molecular weight is 265 g/mol. The number of hydrogen-bond donors (Lipinski definition) is 0. The Balaban J connectivity index is 2.00. The summed E-state index contributed by atoms with van der Waals surface area (Å²) in [6, 6.07) is 19.2. The van der Waals surface area contributed by atoms with Gasteiger partial charge < -0.3 is 4.90 Å². The van der Waals surface area contributed by atoms with Gasteiger partial charge in [0.1, 0.15) is 0 Å². The lowest BCUT2D eigenvalue weighted by Gasteiger charge is -2.14. The van der Waals surface area contributed by atoms with Crippen molar-refractivity contribution in [2.75, 3.05) is 19.6 Å². The molecule has 0 saturated carbocycles. The van der Waals surface area contributed by atoms with E-state index in [0.717, 1.165) is 19.6 Å². The quantitative estimate of drug-likeness (QED) is 0.731. The van der Waals surface area contributed by atoms with Gasteiger partial charge in [-0.3, -0.25) is 0 Å². The van der Waals surface area contributed by atoms with E-state index in [0.29, 0.717) is 0 Å². The summed E-state index contributed by atoms with van der Waals surface area (Å²) < 4.78 is 0. The maximum Gasteiger partial charge on any atom is 0.0166 e. The first-order chi connectivity index (χ1) is 9.83. The first kappa shape index (κ1) is 14.5. The van der Waals surface area contributed by atoms with Crippen LogP contribution in [0.3, 0.4) is 0 Å². The molecule has 2 aromatic carbocycles. The molecule has 0 spiro atoms. The molecule has 0 atom stereocenters. The highest BCUT2D eigenvalue weighted by Crippen LogP contribution is 2.19. The summed E-state index contributed by atoms with van der Waals surface area (Å²) in [5.74, 6) is 0. The Bertz CT molecular complexity index is 521. The summed E-state index contributed by atoms with van der Waals surface area (Å²) in [7, 11) is 0. The van der Waals surface area contributed by atoms with E-state index in [9.17, 15) is 0 Å². The Morgan fingerprint density at radius 1 is 0.800 bits per heavy atom. The molecule has 0 radical (unpaired) electrons. The molecule has 0 bridgehead atoms. The smallest absolute Gasteiger partial charge is 0.0166 e. The predicted molar refractivity (Wildman–Crippen MR) is 88.7 cm³/mol. The maximum absolute atomic E-state index is 2.40. The highest BCUT2D eigenvalue weighted by Gasteiger charge is 1.96. The van der Waals surface area contributed by atoms with Gasteiger partial charge in [-0.15, -0.1) is 0 Å². The van der Waals surface area contributed by atoms with Gasteiger partial charge in [0.2, 0.25) is 0 Å². The minimum Gasteiger partial charge on any atom is -0.300 e. The van der Waals surface area contributed by atoms with Crippen molar-refractivity contribution in [2.45, 2.75) is 13.8 Å². The Labute approximate surface area is 122 Å². The van der Waals surface area contributed by atoms with E-state index in [4.69, 9.17) is 0 Å². The molecule has 2 aromatic rings. The first-order valence-corrected chi connectivity index (χ1v) is 7.38. The van der Waals surface area contributed by atoms with Crippen LogP contribution in [0, 0.1) is 0 Å². The summed E-state index contributed by atoms with van der Waals surface area (Å²) in [4.78, 5) is 2.40. The molecule has 0 aliphatic heterocycles. The third-order valence-electron chi connectivity index (χ3n) is 3.59. The summed E-state index contributed by atoms with van der Waals surface area (Å²) in [6.07, 6.45) is 4.44. The van der Waals surface area contributed by atoms with Crippen LogP contribution in [-0.4, -0.2) is 24.5 Å². The van der Waals surface area contributed by atoms with Crippen LogP contribution in [0.5, 0.6) is 0 Å². The van der Waals surface area contributed by atoms with E-state index in [1.54, 1.807) is 0 Å². The number of nitrogens with zero attached hydrogens (tertiary/aromatic N) is 1. The number of benzene rings is 2. The molecule has 0 aliphatic carbocycles. The zero-order valence-electron chi connectivity index (χ0n) is 12.4. The Morgan fingerprint density at radius 2 is 1.40 bits per heavy atom. The normalized spacial score (nSPS) is 11.3. The fourth-order valence-electron chi connectivity index (χ4n) is 2.24. The van der Waals surface area contributed by atoms with Crippen molar-refractivity contribution < 1.29 is 0 Å². The lowest BCUT2D eigenvalue weighted by atomic mass is 10.0. The van der Waals surface area contributed by atoms with Crippen LogP contribution in [0.25, 0.3) is 17.2 Å². The van der Waals surface area contributed by atoms with Gasteiger partial charge in [0.15, 0.2) is 0 Å². The van der Waals surface area contributed by atoms with Gasteiger partial charge in [0.25, 0.3) is 0 Å². The average Bonchev–Trinajstić information content (AvgIpc) is 2.53. The molecule has 1 heteroatoms. The van der Waals surface area contributed by atoms with Crippen LogP contribution >= 0.6 is 0 Å². The van der Waals surface area contributed by atoms with Crippen LogP contribution in [0.4, 0.5) is 0 Å². The van der Waals surface area contributed by atoms with Crippen molar-refractivity contribution in [1.29, 1.82) is 0 Å². The zero-order valence-corrected chi connectivity index (χ0v) is 12.4. The van der Waals surface area contributed by atoms with E-state index >= 15 is 0 Å².